The molecular weight excluding hydrogens is 224 g/mol. The molecule has 2 nitrogen and oxygen atoms in total. The SMILES string of the molecule is CCOC(=O)c1cccc(C)c1CCCCl. The summed E-state index contributed by atoms with van der Waals surface area (Å²) < 4.78 is 5.03. The predicted octanol–water partition coefficient (Wildman–Crippen LogP) is 3.34. The number of ether oxygens (including phenoxy) is 1. The highest BCUT2D eigenvalue weighted by atomic mass is 35.5. The maximum absolute atomic E-state index is 11.7. The molecule has 0 aliphatic rings. The lowest BCUT2D eigenvalue weighted by Gasteiger charge is -2.11. The maximum atomic E-state index is 11.7. The Morgan fingerprint density at radius 1 is 1.44 bits per heavy atom. The number of esters is 1. The van der Waals surface area contributed by atoms with Crippen molar-refractivity contribution in [1.82, 2.24) is 0 Å². The number of carbonyl (C=O) groups is 1. The van der Waals surface area contributed by atoms with Crippen molar-refractivity contribution < 1.29 is 9.53 Å². The molecule has 0 radical (unpaired) electrons. The van der Waals surface area contributed by atoms with E-state index in [2.05, 4.69) is 0 Å². The molecule has 0 unspecified atom stereocenters. The molecule has 0 atom stereocenters. The van der Waals surface area contributed by atoms with Crippen LogP contribution in [-0.2, 0) is 11.2 Å². The molecule has 0 amide bonds. The van der Waals surface area contributed by atoms with Gasteiger partial charge in [0.2, 0.25) is 0 Å². The fourth-order valence-electron chi connectivity index (χ4n) is 1.68. The van der Waals surface area contributed by atoms with E-state index < -0.39 is 0 Å². The Balaban J connectivity index is 2.97. The average Bonchev–Trinajstić information content (AvgIpc) is 2.27. The van der Waals surface area contributed by atoms with E-state index in [1.54, 1.807) is 0 Å². The molecule has 0 heterocycles. The summed E-state index contributed by atoms with van der Waals surface area (Å²) in [7, 11) is 0. The van der Waals surface area contributed by atoms with Gasteiger partial charge in [0, 0.05) is 5.88 Å². The highest BCUT2D eigenvalue weighted by Gasteiger charge is 2.13. The second-order valence-corrected chi connectivity index (χ2v) is 3.99. The van der Waals surface area contributed by atoms with Crippen LogP contribution in [0.3, 0.4) is 0 Å². The number of hydrogen-bond acceptors (Lipinski definition) is 2. The van der Waals surface area contributed by atoms with Crippen molar-refractivity contribution in [3.05, 3.63) is 34.9 Å². The average molecular weight is 241 g/mol. The number of halogens is 1. The Morgan fingerprint density at radius 3 is 2.81 bits per heavy atom. The van der Waals surface area contributed by atoms with Crippen LogP contribution in [0.15, 0.2) is 18.2 Å². The minimum atomic E-state index is -0.240. The number of benzene rings is 1. The van der Waals surface area contributed by atoms with E-state index in [-0.39, 0.29) is 5.97 Å². The number of aryl methyl sites for hydroxylation is 1. The Bertz CT molecular complexity index is 361. The summed E-state index contributed by atoms with van der Waals surface area (Å²) >= 11 is 5.68. The van der Waals surface area contributed by atoms with Crippen molar-refractivity contribution in [3.63, 3.8) is 0 Å². The molecule has 0 aromatic heterocycles. The van der Waals surface area contributed by atoms with Crippen LogP contribution in [0.1, 0.15) is 34.8 Å². The fourth-order valence-corrected chi connectivity index (χ4v) is 1.81. The third-order valence-corrected chi connectivity index (χ3v) is 2.73. The smallest absolute Gasteiger partial charge is 0.338 e. The second kappa shape index (κ2) is 6.54. The molecule has 1 aromatic carbocycles. The first-order valence-electron chi connectivity index (χ1n) is 5.52. The monoisotopic (exact) mass is 240 g/mol. The van der Waals surface area contributed by atoms with Crippen LogP contribution in [0.4, 0.5) is 0 Å². The van der Waals surface area contributed by atoms with Crippen LogP contribution in [0.5, 0.6) is 0 Å². The van der Waals surface area contributed by atoms with Crippen molar-refractivity contribution in [2.45, 2.75) is 26.7 Å². The third-order valence-electron chi connectivity index (χ3n) is 2.47. The van der Waals surface area contributed by atoms with E-state index in [0.29, 0.717) is 18.1 Å². The predicted molar refractivity (Wildman–Crippen MR) is 66.2 cm³/mol. The van der Waals surface area contributed by atoms with Gasteiger partial charge < -0.3 is 4.74 Å². The molecule has 0 fully saturated rings. The number of rotatable bonds is 5. The Kier molecular flexibility index (Phi) is 5.33. The Hall–Kier alpha value is -1.02. The van der Waals surface area contributed by atoms with Gasteiger partial charge in [0.25, 0.3) is 0 Å². The highest BCUT2D eigenvalue weighted by Crippen LogP contribution is 2.17. The molecule has 88 valence electrons. The summed E-state index contributed by atoms with van der Waals surface area (Å²) in [5.74, 6) is 0.368. The number of carbonyl (C=O) groups excluding carboxylic acids is 1. The maximum Gasteiger partial charge on any atom is 0.338 e. The fraction of sp³-hybridized carbons (Fsp3) is 0.462. The first kappa shape index (κ1) is 13.0. The van der Waals surface area contributed by atoms with Gasteiger partial charge in [0.1, 0.15) is 0 Å². The summed E-state index contributed by atoms with van der Waals surface area (Å²) in [6.45, 7) is 4.22. The van der Waals surface area contributed by atoms with Gasteiger partial charge in [0.05, 0.1) is 12.2 Å². The van der Waals surface area contributed by atoms with Gasteiger partial charge in [-0.2, -0.15) is 0 Å². The molecule has 3 heteroatoms. The minimum Gasteiger partial charge on any atom is -0.462 e. The summed E-state index contributed by atoms with van der Waals surface area (Å²) in [4.78, 5) is 11.7. The third kappa shape index (κ3) is 3.24. The van der Waals surface area contributed by atoms with E-state index in [0.717, 1.165) is 24.0 Å². The zero-order valence-electron chi connectivity index (χ0n) is 9.75. The van der Waals surface area contributed by atoms with E-state index >= 15 is 0 Å². The van der Waals surface area contributed by atoms with Crippen molar-refractivity contribution >= 4 is 17.6 Å². The molecule has 0 saturated carbocycles. The molecule has 0 bridgehead atoms. The number of alkyl halides is 1. The van der Waals surface area contributed by atoms with Crippen LogP contribution >= 0.6 is 11.6 Å². The topological polar surface area (TPSA) is 26.3 Å². The van der Waals surface area contributed by atoms with Crippen LogP contribution in [0.25, 0.3) is 0 Å². The van der Waals surface area contributed by atoms with Crippen LogP contribution in [0.2, 0.25) is 0 Å². The van der Waals surface area contributed by atoms with Crippen molar-refractivity contribution in [3.8, 4) is 0 Å². The highest BCUT2D eigenvalue weighted by molar-refractivity contribution is 6.17. The van der Waals surface area contributed by atoms with Crippen molar-refractivity contribution in [2.24, 2.45) is 0 Å². The normalized spacial score (nSPS) is 10.2. The van der Waals surface area contributed by atoms with E-state index in [1.807, 2.05) is 32.0 Å². The first-order chi connectivity index (χ1) is 7.70. The zero-order chi connectivity index (χ0) is 12.0. The standard InChI is InChI=1S/C13H17ClO2/c1-3-16-13(15)12-7-4-6-10(2)11(12)8-5-9-14/h4,6-7H,3,5,8-9H2,1-2H3. The molecule has 0 saturated heterocycles. The molecule has 0 aliphatic carbocycles. The lowest BCUT2D eigenvalue weighted by molar-refractivity contribution is 0.0525. The van der Waals surface area contributed by atoms with Crippen molar-refractivity contribution in [2.75, 3.05) is 12.5 Å². The van der Waals surface area contributed by atoms with Crippen LogP contribution < -0.4 is 0 Å². The second-order valence-electron chi connectivity index (χ2n) is 3.61. The van der Waals surface area contributed by atoms with Crippen LogP contribution in [-0.4, -0.2) is 18.5 Å². The van der Waals surface area contributed by atoms with E-state index in [1.165, 1.54) is 0 Å². The van der Waals surface area contributed by atoms with Gasteiger partial charge in [-0.3, -0.25) is 0 Å². The molecule has 16 heavy (non-hydrogen) atoms. The van der Waals surface area contributed by atoms with Crippen molar-refractivity contribution in [1.29, 1.82) is 0 Å². The van der Waals surface area contributed by atoms with Gasteiger partial charge in [-0.05, 0) is 43.9 Å². The van der Waals surface area contributed by atoms with E-state index in [4.69, 9.17) is 16.3 Å². The van der Waals surface area contributed by atoms with Gasteiger partial charge in [-0.15, -0.1) is 11.6 Å². The lowest BCUT2D eigenvalue weighted by Crippen LogP contribution is -2.09. The van der Waals surface area contributed by atoms with Gasteiger partial charge in [-0.1, -0.05) is 12.1 Å². The Morgan fingerprint density at radius 2 is 2.19 bits per heavy atom. The van der Waals surface area contributed by atoms with Crippen LogP contribution in [0, 0.1) is 6.92 Å². The minimum absolute atomic E-state index is 0.240. The Labute approximate surface area is 102 Å². The summed E-state index contributed by atoms with van der Waals surface area (Å²) in [5.41, 5.74) is 2.85. The number of hydrogen-bond donors (Lipinski definition) is 0. The lowest BCUT2D eigenvalue weighted by atomic mass is 9.98. The van der Waals surface area contributed by atoms with Gasteiger partial charge in [0.15, 0.2) is 0 Å². The quantitative estimate of drug-likeness (QED) is 0.583. The molecule has 0 aliphatic heterocycles. The largest absolute Gasteiger partial charge is 0.462 e. The molecular formula is C13H17ClO2. The molecule has 1 aromatic rings. The van der Waals surface area contributed by atoms with E-state index in [9.17, 15) is 4.79 Å². The summed E-state index contributed by atoms with van der Waals surface area (Å²) in [5, 5.41) is 0. The molecule has 0 N–H and O–H groups in total. The first-order valence-corrected chi connectivity index (χ1v) is 6.05. The summed E-state index contributed by atoms with van der Waals surface area (Å²) in [6.07, 6.45) is 1.70. The molecule has 1 rings (SSSR count). The van der Waals surface area contributed by atoms with Gasteiger partial charge >= 0.3 is 5.97 Å². The van der Waals surface area contributed by atoms with Gasteiger partial charge in [-0.25, -0.2) is 4.79 Å². The zero-order valence-corrected chi connectivity index (χ0v) is 10.5. The summed E-state index contributed by atoms with van der Waals surface area (Å²) in [6, 6.07) is 5.70. The molecule has 0 spiro atoms.